The molecule has 0 aliphatic heterocycles. The Morgan fingerprint density at radius 1 is 1.30 bits per heavy atom. The van der Waals surface area contributed by atoms with Crippen molar-refractivity contribution in [1.29, 1.82) is 0 Å². The smallest absolute Gasteiger partial charge is 0.174 e. The zero-order valence-corrected chi connectivity index (χ0v) is 11.2. The summed E-state index contributed by atoms with van der Waals surface area (Å²) in [5.41, 5.74) is 7.83. The lowest BCUT2D eigenvalue weighted by Gasteiger charge is -2.21. The Bertz CT molecular complexity index is 640. The first-order valence-electron chi connectivity index (χ1n) is 5.97. The molecular weight excluding hydrogens is 259 g/mol. The van der Waals surface area contributed by atoms with E-state index in [1.807, 2.05) is 6.92 Å². The highest BCUT2D eigenvalue weighted by molar-refractivity contribution is 6.03. The molecule has 104 valence electrons. The second-order valence-electron chi connectivity index (χ2n) is 4.35. The van der Waals surface area contributed by atoms with E-state index < -0.39 is 0 Å². The van der Waals surface area contributed by atoms with Crippen LogP contribution in [0.2, 0.25) is 0 Å². The van der Waals surface area contributed by atoms with Gasteiger partial charge in [-0.3, -0.25) is 0 Å². The van der Waals surface area contributed by atoms with Gasteiger partial charge < -0.3 is 15.8 Å². The number of pyridine rings is 1. The van der Waals surface area contributed by atoms with Crippen molar-refractivity contribution in [3.8, 4) is 0 Å². The molecule has 5 nitrogen and oxygen atoms in total. The number of amidine groups is 1. The number of rotatable bonds is 3. The van der Waals surface area contributed by atoms with E-state index in [1.54, 1.807) is 36.3 Å². The molecule has 1 aromatic heterocycles. The second kappa shape index (κ2) is 5.56. The van der Waals surface area contributed by atoms with Gasteiger partial charge in [-0.15, -0.1) is 0 Å². The number of anilines is 2. The maximum atomic E-state index is 13.0. The van der Waals surface area contributed by atoms with Gasteiger partial charge in [0.1, 0.15) is 11.6 Å². The van der Waals surface area contributed by atoms with Crippen LogP contribution in [0, 0.1) is 12.7 Å². The summed E-state index contributed by atoms with van der Waals surface area (Å²) < 4.78 is 13.0. The van der Waals surface area contributed by atoms with Gasteiger partial charge in [-0.2, -0.15) is 0 Å². The molecular formula is C14H15FN4O. The molecule has 0 unspecified atom stereocenters. The summed E-state index contributed by atoms with van der Waals surface area (Å²) in [5, 5.41) is 11.9. The van der Waals surface area contributed by atoms with Crippen LogP contribution in [-0.4, -0.2) is 23.1 Å². The van der Waals surface area contributed by atoms with Crippen LogP contribution >= 0.6 is 0 Å². The summed E-state index contributed by atoms with van der Waals surface area (Å²) in [6.45, 7) is 1.84. The van der Waals surface area contributed by atoms with E-state index in [0.717, 1.165) is 11.3 Å². The fourth-order valence-electron chi connectivity index (χ4n) is 1.95. The normalized spacial score (nSPS) is 11.4. The molecule has 0 saturated heterocycles. The topological polar surface area (TPSA) is 74.7 Å². The fraction of sp³-hybridized carbons (Fsp3) is 0.143. The van der Waals surface area contributed by atoms with Crippen LogP contribution in [0.15, 0.2) is 41.7 Å². The molecule has 0 bridgehead atoms. The molecule has 0 aliphatic carbocycles. The van der Waals surface area contributed by atoms with Crippen LogP contribution in [0.5, 0.6) is 0 Å². The third kappa shape index (κ3) is 2.54. The van der Waals surface area contributed by atoms with Crippen molar-refractivity contribution < 1.29 is 9.60 Å². The number of aromatic nitrogens is 1. The number of hydrogen-bond donors (Lipinski definition) is 2. The number of nitrogens with two attached hydrogens (primary N) is 1. The van der Waals surface area contributed by atoms with Crippen molar-refractivity contribution in [3.63, 3.8) is 0 Å². The van der Waals surface area contributed by atoms with E-state index in [0.29, 0.717) is 11.4 Å². The Labute approximate surface area is 116 Å². The zero-order chi connectivity index (χ0) is 14.7. The van der Waals surface area contributed by atoms with Crippen LogP contribution in [0.25, 0.3) is 0 Å². The van der Waals surface area contributed by atoms with E-state index in [2.05, 4.69) is 10.1 Å². The molecule has 0 aliphatic rings. The van der Waals surface area contributed by atoms with Crippen LogP contribution < -0.4 is 10.6 Å². The van der Waals surface area contributed by atoms with Crippen LogP contribution in [0.1, 0.15) is 11.1 Å². The van der Waals surface area contributed by atoms with Crippen molar-refractivity contribution in [2.45, 2.75) is 6.92 Å². The highest BCUT2D eigenvalue weighted by Gasteiger charge is 2.16. The van der Waals surface area contributed by atoms with Gasteiger partial charge in [-0.1, -0.05) is 5.16 Å². The molecule has 6 heteroatoms. The molecule has 0 saturated carbocycles. The van der Waals surface area contributed by atoms with Gasteiger partial charge in [0.2, 0.25) is 0 Å². The molecule has 3 N–H and O–H groups in total. The standard InChI is InChI=1S/C14H15FN4O/c1-9-7-8-17-14(12(9)13(16)18-20)19(2)11-5-3-10(15)4-6-11/h3-8,20H,1-2H3,(H2,16,18). The minimum Gasteiger partial charge on any atom is -0.409 e. The maximum Gasteiger partial charge on any atom is 0.174 e. The number of aryl methyl sites for hydroxylation is 1. The quantitative estimate of drug-likeness (QED) is 0.390. The lowest BCUT2D eigenvalue weighted by Crippen LogP contribution is -2.22. The number of halogens is 1. The first-order chi connectivity index (χ1) is 9.54. The molecule has 0 spiro atoms. The molecule has 1 heterocycles. The van der Waals surface area contributed by atoms with Gasteiger partial charge in [0.25, 0.3) is 0 Å². The van der Waals surface area contributed by atoms with E-state index in [-0.39, 0.29) is 11.7 Å². The molecule has 0 atom stereocenters. The van der Waals surface area contributed by atoms with Crippen molar-refractivity contribution in [1.82, 2.24) is 4.98 Å². The number of benzene rings is 1. The molecule has 0 fully saturated rings. The zero-order valence-electron chi connectivity index (χ0n) is 11.2. The molecule has 0 amide bonds. The third-order valence-electron chi connectivity index (χ3n) is 3.03. The summed E-state index contributed by atoms with van der Waals surface area (Å²) in [5.74, 6) is 0.211. The summed E-state index contributed by atoms with van der Waals surface area (Å²) in [6.07, 6.45) is 1.64. The summed E-state index contributed by atoms with van der Waals surface area (Å²) in [6, 6.07) is 7.77. The summed E-state index contributed by atoms with van der Waals surface area (Å²) in [4.78, 5) is 6.02. The van der Waals surface area contributed by atoms with Gasteiger partial charge in [-0.05, 0) is 42.8 Å². The van der Waals surface area contributed by atoms with Crippen LogP contribution in [0.4, 0.5) is 15.9 Å². The van der Waals surface area contributed by atoms with Gasteiger partial charge >= 0.3 is 0 Å². The van der Waals surface area contributed by atoms with Gasteiger partial charge in [-0.25, -0.2) is 9.37 Å². The Hall–Kier alpha value is -2.63. The third-order valence-corrected chi connectivity index (χ3v) is 3.03. The Balaban J connectivity index is 2.52. The minimum atomic E-state index is -0.309. The molecule has 20 heavy (non-hydrogen) atoms. The van der Waals surface area contributed by atoms with E-state index in [9.17, 15) is 4.39 Å². The fourth-order valence-corrected chi connectivity index (χ4v) is 1.95. The van der Waals surface area contributed by atoms with E-state index in [1.165, 1.54) is 12.1 Å². The first-order valence-corrected chi connectivity index (χ1v) is 5.97. The highest BCUT2D eigenvalue weighted by atomic mass is 19.1. The van der Waals surface area contributed by atoms with Gasteiger partial charge in [0.15, 0.2) is 5.84 Å². The summed E-state index contributed by atoms with van der Waals surface area (Å²) in [7, 11) is 1.78. The number of oxime groups is 1. The SMILES string of the molecule is Cc1ccnc(N(C)c2ccc(F)cc2)c1/C(N)=N/O. The van der Waals surface area contributed by atoms with Crippen LogP contribution in [0.3, 0.4) is 0 Å². The highest BCUT2D eigenvalue weighted by Crippen LogP contribution is 2.26. The van der Waals surface area contributed by atoms with E-state index >= 15 is 0 Å². The predicted octanol–water partition coefficient (Wildman–Crippen LogP) is 2.39. The Kier molecular flexibility index (Phi) is 3.84. The minimum absolute atomic E-state index is 0.0143. The molecule has 2 rings (SSSR count). The van der Waals surface area contributed by atoms with E-state index in [4.69, 9.17) is 10.9 Å². The van der Waals surface area contributed by atoms with Crippen LogP contribution in [-0.2, 0) is 0 Å². The van der Waals surface area contributed by atoms with Gasteiger partial charge in [0, 0.05) is 18.9 Å². The predicted molar refractivity (Wildman–Crippen MR) is 75.9 cm³/mol. The average molecular weight is 274 g/mol. The summed E-state index contributed by atoms with van der Waals surface area (Å²) >= 11 is 0. The van der Waals surface area contributed by atoms with Gasteiger partial charge in [0.05, 0.1) is 5.56 Å². The average Bonchev–Trinajstić information content (AvgIpc) is 2.46. The van der Waals surface area contributed by atoms with Crippen molar-refractivity contribution in [2.24, 2.45) is 10.9 Å². The largest absolute Gasteiger partial charge is 0.409 e. The number of nitrogens with zero attached hydrogens (tertiary/aromatic N) is 3. The van der Waals surface area contributed by atoms with Crippen molar-refractivity contribution in [2.75, 3.05) is 11.9 Å². The maximum absolute atomic E-state index is 13.0. The molecule has 2 aromatic rings. The monoisotopic (exact) mass is 274 g/mol. The molecule has 0 radical (unpaired) electrons. The first kappa shape index (κ1) is 13.8. The second-order valence-corrected chi connectivity index (χ2v) is 4.35. The lowest BCUT2D eigenvalue weighted by molar-refractivity contribution is 0.318. The Morgan fingerprint density at radius 3 is 2.55 bits per heavy atom. The lowest BCUT2D eigenvalue weighted by atomic mass is 10.1. The number of hydrogen-bond acceptors (Lipinski definition) is 4. The Morgan fingerprint density at radius 2 is 1.95 bits per heavy atom. The van der Waals surface area contributed by atoms with Crippen molar-refractivity contribution >= 4 is 17.3 Å². The molecule has 1 aromatic carbocycles. The van der Waals surface area contributed by atoms with Crippen molar-refractivity contribution in [3.05, 3.63) is 53.5 Å².